The molecule has 0 N–H and O–H groups in total. The van der Waals surface area contributed by atoms with Crippen molar-refractivity contribution in [2.45, 2.75) is 110 Å². The fraction of sp³-hybridized carbons (Fsp3) is 0.913. The van der Waals surface area contributed by atoms with Crippen LogP contribution in [0.1, 0.15) is 110 Å². The van der Waals surface area contributed by atoms with E-state index in [4.69, 9.17) is 9.47 Å². The Morgan fingerprint density at radius 2 is 0.926 bits per heavy atom. The van der Waals surface area contributed by atoms with Crippen LogP contribution in [0.2, 0.25) is 0 Å². The molecule has 1 aliphatic rings. The van der Waals surface area contributed by atoms with Gasteiger partial charge in [0.2, 0.25) is 0 Å². The van der Waals surface area contributed by atoms with Gasteiger partial charge < -0.3 is 9.47 Å². The first-order valence-electron chi connectivity index (χ1n) is 11.5. The molecule has 1 rings (SSSR count). The largest absolute Gasteiger partial charge is 0.465 e. The summed E-state index contributed by atoms with van der Waals surface area (Å²) in [5.41, 5.74) is 0. The van der Waals surface area contributed by atoms with Gasteiger partial charge in [-0.2, -0.15) is 0 Å². The average Bonchev–Trinajstić information content (AvgIpc) is 2.69. The number of carbonyl (C=O) groups excluding carboxylic acids is 2. The third kappa shape index (κ3) is 11.4. The first kappa shape index (κ1) is 24.0. The van der Waals surface area contributed by atoms with Crippen molar-refractivity contribution in [3.8, 4) is 0 Å². The summed E-state index contributed by atoms with van der Waals surface area (Å²) in [6.07, 6.45) is 16.0. The number of esters is 2. The van der Waals surface area contributed by atoms with Crippen LogP contribution >= 0.6 is 0 Å². The summed E-state index contributed by atoms with van der Waals surface area (Å²) in [6, 6.07) is 0. The monoisotopic (exact) mass is 382 g/mol. The van der Waals surface area contributed by atoms with Gasteiger partial charge in [-0.15, -0.1) is 0 Å². The van der Waals surface area contributed by atoms with Crippen LogP contribution in [0.25, 0.3) is 0 Å². The summed E-state index contributed by atoms with van der Waals surface area (Å²) >= 11 is 0. The molecule has 0 saturated heterocycles. The second-order valence-corrected chi connectivity index (χ2v) is 8.07. The zero-order valence-electron chi connectivity index (χ0n) is 17.8. The van der Waals surface area contributed by atoms with Crippen LogP contribution in [0.3, 0.4) is 0 Å². The maximum Gasteiger partial charge on any atom is 0.308 e. The molecule has 0 bridgehead atoms. The molecule has 0 aliphatic heterocycles. The van der Waals surface area contributed by atoms with E-state index in [2.05, 4.69) is 13.8 Å². The van der Waals surface area contributed by atoms with E-state index in [0.717, 1.165) is 51.4 Å². The molecule has 158 valence electrons. The maximum atomic E-state index is 12.2. The van der Waals surface area contributed by atoms with Crippen LogP contribution < -0.4 is 0 Å². The molecule has 1 fully saturated rings. The summed E-state index contributed by atoms with van der Waals surface area (Å²) in [4.78, 5) is 24.3. The van der Waals surface area contributed by atoms with E-state index in [0.29, 0.717) is 13.2 Å². The Morgan fingerprint density at radius 1 is 0.593 bits per heavy atom. The highest BCUT2D eigenvalue weighted by Gasteiger charge is 2.31. The molecule has 0 spiro atoms. The Bertz CT molecular complexity index is 386. The average molecular weight is 383 g/mol. The van der Waals surface area contributed by atoms with Gasteiger partial charge in [0.05, 0.1) is 25.0 Å². The topological polar surface area (TPSA) is 52.6 Å². The lowest BCUT2D eigenvalue weighted by Gasteiger charge is -2.26. The minimum Gasteiger partial charge on any atom is -0.465 e. The lowest BCUT2D eigenvalue weighted by atomic mass is 9.82. The molecule has 0 amide bonds. The van der Waals surface area contributed by atoms with Gasteiger partial charge in [0.15, 0.2) is 0 Å². The third-order valence-electron chi connectivity index (χ3n) is 5.63. The molecule has 1 aliphatic carbocycles. The van der Waals surface area contributed by atoms with Crippen LogP contribution in [0.4, 0.5) is 0 Å². The van der Waals surface area contributed by atoms with Crippen molar-refractivity contribution in [3.63, 3.8) is 0 Å². The fourth-order valence-electron chi connectivity index (χ4n) is 3.73. The van der Waals surface area contributed by atoms with E-state index in [1.165, 1.54) is 44.9 Å². The normalized spacial score (nSPS) is 19.6. The minimum absolute atomic E-state index is 0.0248. The summed E-state index contributed by atoms with van der Waals surface area (Å²) in [7, 11) is 0. The third-order valence-corrected chi connectivity index (χ3v) is 5.63. The van der Waals surface area contributed by atoms with Crippen molar-refractivity contribution >= 4 is 11.9 Å². The molecule has 0 aromatic rings. The van der Waals surface area contributed by atoms with Crippen molar-refractivity contribution in [2.75, 3.05) is 13.2 Å². The summed E-state index contributed by atoms with van der Waals surface area (Å²) < 4.78 is 10.9. The number of carbonyl (C=O) groups is 2. The van der Waals surface area contributed by atoms with Crippen molar-refractivity contribution in [2.24, 2.45) is 11.8 Å². The second-order valence-electron chi connectivity index (χ2n) is 8.07. The van der Waals surface area contributed by atoms with E-state index < -0.39 is 0 Å². The molecule has 0 aromatic heterocycles. The number of ether oxygens (including phenoxy) is 2. The predicted molar refractivity (Wildman–Crippen MR) is 110 cm³/mol. The highest BCUT2D eigenvalue weighted by molar-refractivity contribution is 5.75. The van der Waals surface area contributed by atoms with Crippen LogP contribution in [-0.4, -0.2) is 25.2 Å². The van der Waals surface area contributed by atoms with Crippen molar-refractivity contribution in [1.82, 2.24) is 0 Å². The zero-order valence-corrected chi connectivity index (χ0v) is 17.8. The quantitative estimate of drug-likeness (QED) is 0.249. The molecule has 0 radical (unpaired) electrons. The molecule has 4 heteroatoms. The van der Waals surface area contributed by atoms with Gasteiger partial charge >= 0.3 is 11.9 Å². The van der Waals surface area contributed by atoms with E-state index in [1.54, 1.807) is 0 Å². The summed E-state index contributed by atoms with van der Waals surface area (Å²) in [5, 5.41) is 0. The van der Waals surface area contributed by atoms with Crippen LogP contribution in [0.15, 0.2) is 0 Å². The SMILES string of the molecule is CCCCCCCCOC(=O)C1CCC(C(=O)OCCCCCCC)CC1. The van der Waals surface area contributed by atoms with Crippen molar-refractivity contribution in [1.29, 1.82) is 0 Å². The smallest absolute Gasteiger partial charge is 0.308 e. The van der Waals surface area contributed by atoms with Gasteiger partial charge in [-0.05, 0) is 38.5 Å². The van der Waals surface area contributed by atoms with E-state index >= 15 is 0 Å². The summed E-state index contributed by atoms with van der Waals surface area (Å²) in [5.74, 6) is -0.179. The number of unbranched alkanes of at least 4 members (excludes halogenated alkanes) is 9. The van der Waals surface area contributed by atoms with Gasteiger partial charge in [-0.25, -0.2) is 0 Å². The fourth-order valence-corrected chi connectivity index (χ4v) is 3.73. The van der Waals surface area contributed by atoms with E-state index in [-0.39, 0.29) is 23.8 Å². The Labute approximate surface area is 166 Å². The Morgan fingerprint density at radius 3 is 1.30 bits per heavy atom. The maximum absolute atomic E-state index is 12.2. The standard InChI is InChI=1S/C23H42O4/c1-3-5-7-9-11-13-19-27-23(25)21-16-14-20(15-17-21)22(24)26-18-12-10-8-6-4-2/h20-21H,3-19H2,1-2H3. The van der Waals surface area contributed by atoms with Gasteiger partial charge in [-0.1, -0.05) is 71.6 Å². The number of hydrogen-bond donors (Lipinski definition) is 0. The van der Waals surface area contributed by atoms with Crippen molar-refractivity contribution in [3.05, 3.63) is 0 Å². The molecule has 27 heavy (non-hydrogen) atoms. The van der Waals surface area contributed by atoms with Crippen LogP contribution in [0.5, 0.6) is 0 Å². The van der Waals surface area contributed by atoms with Gasteiger partial charge in [0, 0.05) is 0 Å². The molecule has 0 atom stereocenters. The van der Waals surface area contributed by atoms with Crippen LogP contribution in [-0.2, 0) is 19.1 Å². The molecule has 1 saturated carbocycles. The summed E-state index contributed by atoms with van der Waals surface area (Å²) in [6.45, 7) is 5.50. The lowest BCUT2D eigenvalue weighted by molar-refractivity contribution is -0.155. The van der Waals surface area contributed by atoms with Gasteiger partial charge in [-0.3, -0.25) is 9.59 Å². The Kier molecular flexibility index (Phi) is 14.2. The predicted octanol–water partition coefficient (Wildman–Crippen LogP) is 6.21. The molecular weight excluding hydrogens is 340 g/mol. The van der Waals surface area contributed by atoms with E-state index in [1.807, 2.05) is 0 Å². The van der Waals surface area contributed by atoms with Crippen molar-refractivity contribution < 1.29 is 19.1 Å². The molecular formula is C23H42O4. The first-order valence-corrected chi connectivity index (χ1v) is 11.5. The molecule has 4 nitrogen and oxygen atoms in total. The van der Waals surface area contributed by atoms with Gasteiger partial charge in [0.25, 0.3) is 0 Å². The minimum atomic E-state index is -0.0654. The highest BCUT2D eigenvalue weighted by Crippen LogP contribution is 2.30. The highest BCUT2D eigenvalue weighted by atomic mass is 16.5. The van der Waals surface area contributed by atoms with Gasteiger partial charge in [0.1, 0.15) is 0 Å². The van der Waals surface area contributed by atoms with Crippen LogP contribution in [0, 0.1) is 11.8 Å². The molecule has 0 unspecified atom stereocenters. The molecule has 0 heterocycles. The zero-order chi connectivity index (χ0) is 19.7. The Balaban J connectivity index is 2.05. The van der Waals surface area contributed by atoms with E-state index in [9.17, 15) is 9.59 Å². The molecule has 0 aromatic carbocycles. The number of hydrogen-bond acceptors (Lipinski definition) is 4. The Hall–Kier alpha value is -1.06. The second kappa shape index (κ2) is 15.9. The first-order chi connectivity index (χ1) is 13.2. The number of rotatable bonds is 15. The lowest BCUT2D eigenvalue weighted by Crippen LogP contribution is -2.28.